The molecule has 6 heteroatoms. The van der Waals surface area contributed by atoms with Crippen LogP contribution in [-0.2, 0) is 28.6 Å². The van der Waals surface area contributed by atoms with E-state index >= 15 is 0 Å². The fraction of sp³-hybridized carbons (Fsp3) is 0.880. The predicted molar refractivity (Wildman–Crippen MR) is 353 cm³/mol. The normalized spacial score (nSPS) is 12.2. The largest absolute Gasteiger partial charge is 0.462 e. The van der Waals surface area contributed by atoms with E-state index in [1.54, 1.807) is 0 Å². The van der Waals surface area contributed by atoms with Crippen molar-refractivity contribution in [1.29, 1.82) is 0 Å². The molecule has 0 radical (unpaired) electrons. The first-order valence-corrected chi connectivity index (χ1v) is 36.5. The maximum atomic E-state index is 13.0. The predicted octanol–water partition coefficient (Wildman–Crippen LogP) is 25.1. The lowest BCUT2D eigenvalue weighted by molar-refractivity contribution is -0.167. The molecule has 0 bridgehead atoms. The second-order valence-corrected chi connectivity index (χ2v) is 24.9. The minimum atomic E-state index is -0.778. The van der Waals surface area contributed by atoms with Crippen LogP contribution in [0.4, 0.5) is 0 Å². The topological polar surface area (TPSA) is 78.9 Å². The lowest BCUT2D eigenvalue weighted by Gasteiger charge is -2.18. The number of hydrogen-bond acceptors (Lipinski definition) is 6. The molecule has 81 heavy (non-hydrogen) atoms. The van der Waals surface area contributed by atoms with Gasteiger partial charge in [-0.2, -0.15) is 0 Å². The second kappa shape index (κ2) is 70.1. The summed E-state index contributed by atoms with van der Waals surface area (Å²) >= 11 is 0. The summed E-state index contributed by atoms with van der Waals surface area (Å²) < 4.78 is 17.0. The molecule has 6 nitrogen and oxygen atoms in total. The molecule has 0 heterocycles. The van der Waals surface area contributed by atoms with Crippen LogP contribution in [0.3, 0.4) is 0 Å². The van der Waals surface area contributed by atoms with Gasteiger partial charge in [-0.05, 0) is 77.0 Å². The highest BCUT2D eigenvalue weighted by atomic mass is 16.6. The lowest BCUT2D eigenvalue weighted by atomic mass is 10.0. The van der Waals surface area contributed by atoms with Gasteiger partial charge in [-0.15, -0.1) is 0 Å². The van der Waals surface area contributed by atoms with E-state index in [0.29, 0.717) is 19.3 Å². The third kappa shape index (κ3) is 68.3. The van der Waals surface area contributed by atoms with E-state index in [1.165, 1.54) is 295 Å². The monoisotopic (exact) mass is 1140 g/mol. The van der Waals surface area contributed by atoms with Gasteiger partial charge in [-0.25, -0.2) is 0 Å². The third-order valence-electron chi connectivity index (χ3n) is 16.6. The Bertz CT molecular complexity index is 1350. The van der Waals surface area contributed by atoms with Gasteiger partial charge in [0.2, 0.25) is 0 Å². The molecule has 0 N–H and O–H groups in total. The summed E-state index contributed by atoms with van der Waals surface area (Å²) in [4.78, 5) is 38.5. The van der Waals surface area contributed by atoms with Gasteiger partial charge in [0.15, 0.2) is 6.10 Å². The number of esters is 3. The van der Waals surface area contributed by atoms with Crippen LogP contribution in [0, 0.1) is 0 Å². The number of carbonyl (C=O) groups is 3. The highest BCUT2D eigenvalue weighted by molar-refractivity contribution is 5.71. The van der Waals surface area contributed by atoms with Crippen LogP contribution in [-0.4, -0.2) is 37.2 Å². The van der Waals surface area contributed by atoms with E-state index in [2.05, 4.69) is 57.2 Å². The Morgan fingerprint density at radius 1 is 0.247 bits per heavy atom. The van der Waals surface area contributed by atoms with Crippen molar-refractivity contribution in [3.05, 3.63) is 36.5 Å². The van der Waals surface area contributed by atoms with Gasteiger partial charge in [0.1, 0.15) is 13.2 Å². The Balaban J connectivity index is 4.26. The Labute approximate surface area is 506 Å². The average Bonchev–Trinajstić information content (AvgIpc) is 3.47. The van der Waals surface area contributed by atoms with Crippen LogP contribution >= 0.6 is 0 Å². The molecule has 0 aromatic rings. The average molecular weight is 1140 g/mol. The third-order valence-corrected chi connectivity index (χ3v) is 16.6. The van der Waals surface area contributed by atoms with Gasteiger partial charge >= 0.3 is 17.9 Å². The summed E-state index contributed by atoms with van der Waals surface area (Å²) in [6, 6.07) is 0. The maximum absolute atomic E-state index is 13.0. The Hall–Kier alpha value is -2.37. The summed E-state index contributed by atoms with van der Waals surface area (Å²) in [6.45, 7) is 6.69. The van der Waals surface area contributed by atoms with Crippen molar-refractivity contribution in [3.8, 4) is 0 Å². The molecule has 0 aromatic heterocycles. The van der Waals surface area contributed by atoms with Gasteiger partial charge in [0.25, 0.3) is 0 Å². The SMILES string of the molecule is CCCCCC/C=C\C/C=C\CCCCCCCCCC(=O)OC(COC(=O)CCCCCCCCC/C=C\CCCCCCCCC)COC(=O)CCCCCCCCCCCCCCCCCCCCCCCCCCCCC. The molecule has 0 rings (SSSR count). The molecule has 0 amide bonds. The Morgan fingerprint density at radius 3 is 0.704 bits per heavy atom. The molecule has 0 saturated carbocycles. The van der Waals surface area contributed by atoms with E-state index < -0.39 is 6.10 Å². The maximum Gasteiger partial charge on any atom is 0.306 e. The highest BCUT2D eigenvalue weighted by Gasteiger charge is 2.19. The summed E-state index contributed by atoms with van der Waals surface area (Å²) in [5.41, 5.74) is 0. The van der Waals surface area contributed by atoms with Crippen molar-refractivity contribution in [2.45, 2.75) is 412 Å². The molecule has 0 saturated heterocycles. The molecule has 0 aliphatic rings. The number of hydrogen-bond donors (Lipinski definition) is 0. The van der Waals surface area contributed by atoms with Crippen molar-refractivity contribution in [1.82, 2.24) is 0 Å². The Morgan fingerprint density at radius 2 is 0.444 bits per heavy atom. The number of unbranched alkanes of at least 4 members (excludes halogenated alkanes) is 51. The summed E-state index contributed by atoms with van der Waals surface area (Å²) in [5, 5.41) is 0. The van der Waals surface area contributed by atoms with Gasteiger partial charge in [-0.3, -0.25) is 14.4 Å². The minimum Gasteiger partial charge on any atom is -0.462 e. The van der Waals surface area contributed by atoms with Crippen LogP contribution in [0.1, 0.15) is 406 Å². The van der Waals surface area contributed by atoms with E-state index in [0.717, 1.165) is 70.6 Å². The van der Waals surface area contributed by atoms with Crippen LogP contribution in [0.5, 0.6) is 0 Å². The molecule has 0 spiro atoms. The quantitative estimate of drug-likeness (QED) is 0.0261. The molecular weight excluding hydrogens is 997 g/mol. The molecular formula is C75H140O6. The van der Waals surface area contributed by atoms with E-state index in [9.17, 15) is 14.4 Å². The zero-order valence-electron chi connectivity index (χ0n) is 54.8. The molecule has 0 aliphatic heterocycles. The van der Waals surface area contributed by atoms with Crippen LogP contribution in [0.15, 0.2) is 36.5 Å². The summed E-state index contributed by atoms with van der Waals surface area (Å²) in [7, 11) is 0. The van der Waals surface area contributed by atoms with Gasteiger partial charge < -0.3 is 14.2 Å². The fourth-order valence-corrected chi connectivity index (χ4v) is 11.1. The first kappa shape index (κ1) is 78.6. The fourth-order valence-electron chi connectivity index (χ4n) is 11.1. The van der Waals surface area contributed by atoms with Crippen molar-refractivity contribution < 1.29 is 28.6 Å². The van der Waals surface area contributed by atoms with Crippen molar-refractivity contribution >= 4 is 17.9 Å². The van der Waals surface area contributed by atoms with Crippen molar-refractivity contribution in [2.75, 3.05) is 13.2 Å². The second-order valence-electron chi connectivity index (χ2n) is 24.9. The van der Waals surface area contributed by atoms with Gasteiger partial charge in [0.05, 0.1) is 0 Å². The number of rotatable bonds is 68. The molecule has 1 atom stereocenters. The van der Waals surface area contributed by atoms with Crippen LogP contribution < -0.4 is 0 Å². The summed E-state index contributed by atoms with van der Waals surface area (Å²) in [6.07, 6.45) is 87.5. The highest BCUT2D eigenvalue weighted by Crippen LogP contribution is 2.19. The smallest absolute Gasteiger partial charge is 0.306 e. The van der Waals surface area contributed by atoms with Gasteiger partial charge in [0, 0.05) is 19.3 Å². The molecule has 0 aliphatic carbocycles. The first-order chi connectivity index (χ1) is 40.0. The van der Waals surface area contributed by atoms with E-state index in [-0.39, 0.29) is 31.1 Å². The molecule has 0 fully saturated rings. The van der Waals surface area contributed by atoms with Gasteiger partial charge in [-0.1, -0.05) is 346 Å². The van der Waals surface area contributed by atoms with Crippen LogP contribution in [0.2, 0.25) is 0 Å². The minimum absolute atomic E-state index is 0.0721. The summed E-state index contributed by atoms with van der Waals surface area (Å²) in [5.74, 6) is -0.854. The van der Waals surface area contributed by atoms with E-state index in [1.807, 2.05) is 0 Å². The molecule has 476 valence electrons. The molecule has 1 unspecified atom stereocenters. The van der Waals surface area contributed by atoms with E-state index in [4.69, 9.17) is 14.2 Å². The zero-order valence-corrected chi connectivity index (χ0v) is 54.8. The van der Waals surface area contributed by atoms with Crippen LogP contribution in [0.25, 0.3) is 0 Å². The zero-order chi connectivity index (χ0) is 58.5. The standard InChI is InChI=1S/C75H140O6/c1-4-7-10-13-16-19-22-25-28-31-34-35-36-37-38-39-40-41-42-45-47-50-53-56-59-62-65-68-74(77)80-71-72(81-75(78)69-66-63-60-57-54-51-48-44-33-30-27-24-21-18-15-12-9-6-3)70-79-73(76)67-64-61-58-55-52-49-46-43-32-29-26-23-20-17-14-11-8-5-2/h21,24,29-30,32-33,72H,4-20,22-23,25-28,31,34-71H2,1-3H3/b24-21-,32-29-,33-30-. The number of ether oxygens (including phenoxy) is 3. The first-order valence-electron chi connectivity index (χ1n) is 36.5. The molecule has 0 aromatic carbocycles. The van der Waals surface area contributed by atoms with Crippen molar-refractivity contribution in [3.63, 3.8) is 0 Å². The number of carbonyl (C=O) groups excluding carboxylic acids is 3. The lowest BCUT2D eigenvalue weighted by Crippen LogP contribution is -2.30. The Kier molecular flexibility index (Phi) is 68.1. The van der Waals surface area contributed by atoms with Crippen molar-refractivity contribution in [2.24, 2.45) is 0 Å². The number of allylic oxidation sites excluding steroid dienone is 6.